The zero-order valence-electron chi connectivity index (χ0n) is 16.1. The highest BCUT2D eigenvalue weighted by Gasteiger charge is 2.32. The number of hydrogen-bond donors (Lipinski definition) is 3. The number of carbonyl (C=O) groups excluding carboxylic acids is 4. The summed E-state index contributed by atoms with van der Waals surface area (Å²) in [6.45, 7) is 3.64. The van der Waals surface area contributed by atoms with Crippen molar-refractivity contribution in [3.8, 4) is 0 Å². The van der Waals surface area contributed by atoms with Crippen molar-refractivity contribution in [1.82, 2.24) is 15.5 Å². The van der Waals surface area contributed by atoms with Crippen molar-refractivity contribution in [2.75, 3.05) is 19.7 Å². The molecule has 1 fully saturated rings. The molecule has 0 aliphatic carbocycles. The van der Waals surface area contributed by atoms with Crippen LogP contribution in [-0.4, -0.2) is 60.5 Å². The first-order valence-corrected chi connectivity index (χ1v) is 9.36. The van der Waals surface area contributed by atoms with Crippen molar-refractivity contribution in [1.29, 1.82) is 0 Å². The summed E-state index contributed by atoms with van der Waals surface area (Å²) in [5.74, 6) is -1.52. The summed E-state index contributed by atoms with van der Waals surface area (Å²) < 4.78 is 4.82. The van der Waals surface area contributed by atoms with Crippen molar-refractivity contribution in [2.24, 2.45) is 5.73 Å². The molecule has 4 amide bonds. The van der Waals surface area contributed by atoms with Crippen molar-refractivity contribution in [3.63, 3.8) is 0 Å². The van der Waals surface area contributed by atoms with Crippen LogP contribution in [-0.2, 0) is 25.5 Å². The normalized spacial score (nSPS) is 17.2. The third-order valence-electron chi connectivity index (χ3n) is 4.45. The fraction of sp³-hybridized carbons (Fsp3) is 0.400. The standard InChI is InChI=1S/C20H26N4O5/c1-2-11-29-20(28)23-15-9-6-10-24(19(15)27)13-17(25)22-16(18(21)26)12-14-7-4-3-5-8-14/h2-5,7-8,15-16H,1,6,9-13H2,(H2,21,26)(H,22,25)(H,23,28)/t15-,16+/m1/s1. The second-order valence-corrected chi connectivity index (χ2v) is 6.70. The molecule has 1 saturated heterocycles. The third-order valence-corrected chi connectivity index (χ3v) is 4.45. The number of nitrogens with one attached hydrogen (secondary N) is 2. The van der Waals surface area contributed by atoms with E-state index in [1.165, 1.54) is 11.0 Å². The molecule has 1 aromatic carbocycles. The van der Waals surface area contributed by atoms with E-state index >= 15 is 0 Å². The average molecular weight is 402 g/mol. The largest absolute Gasteiger partial charge is 0.445 e. The highest BCUT2D eigenvalue weighted by molar-refractivity contribution is 5.92. The molecule has 4 N–H and O–H groups in total. The van der Waals surface area contributed by atoms with Gasteiger partial charge in [-0.25, -0.2) is 4.79 Å². The van der Waals surface area contributed by atoms with Gasteiger partial charge in [-0.05, 0) is 18.4 Å². The number of ether oxygens (including phenoxy) is 1. The number of likely N-dealkylation sites (tertiary alicyclic amines) is 1. The molecule has 0 radical (unpaired) electrons. The predicted molar refractivity (Wildman–Crippen MR) is 106 cm³/mol. The van der Waals surface area contributed by atoms with Gasteiger partial charge in [-0.2, -0.15) is 0 Å². The topological polar surface area (TPSA) is 131 Å². The Bertz CT molecular complexity index is 752. The number of hydrogen-bond acceptors (Lipinski definition) is 5. The Kier molecular flexibility index (Phi) is 8.20. The molecule has 156 valence electrons. The Hall–Kier alpha value is -3.36. The van der Waals surface area contributed by atoms with Gasteiger partial charge in [0.15, 0.2) is 0 Å². The van der Waals surface area contributed by atoms with Gasteiger partial charge >= 0.3 is 6.09 Å². The molecule has 1 aliphatic rings. The number of alkyl carbamates (subject to hydrolysis) is 1. The first-order chi connectivity index (χ1) is 13.9. The summed E-state index contributed by atoms with van der Waals surface area (Å²) in [6, 6.07) is 7.53. The van der Waals surface area contributed by atoms with E-state index in [9.17, 15) is 19.2 Å². The number of piperidine rings is 1. The Morgan fingerprint density at radius 2 is 2.03 bits per heavy atom. The van der Waals surface area contributed by atoms with Gasteiger partial charge in [-0.3, -0.25) is 14.4 Å². The summed E-state index contributed by atoms with van der Waals surface area (Å²) in [4.78, 5) is 49.7. The number of amides is 4. The number of benzene rings is 1. The van der Waals surface area contributed by atoms with Crippen molar-refractivity contribution in [3.05, 3.63) is 48.6 Å². The molecule has 1 aliphatic heterocycles. The van der Waals surface area contributed by atoms with Gasteiger partial charge in [-0.15, -0.1) is 0 Å². The maximum Gasteiger partial charge on any atom is 0.408 e. The smallest absolute Gasteiger partial charge is 0.408 e. The molecule has 9 nitrogen and oxygen atoms in total. The fourth-order valence-electron chi connectivity index (χ4n) is 3.04. The van der Waals surface area contributed by atoms with E-state index in [1.807, 2.05) is 30.3 Å². The average Bonchev–Trinajstić information content (AvgIpc) is 2.69. The van der Waals surface area contributed by atoms with Gasteiger partial charge in [0.1, 0.15) is 18.7 Å². The summed E-state index contributed by atoms with van der Waals surface area (Å²) >= 11 is 0. The molecule has 9 heteroatoms. The molecule has 2 atom stereocenters. The lowest BCUT2D eigenvalue weighted by Gasteiger charge is -2.32. The molecule has 0 bridgehead atoms. The highest BCUT2D eigenvalue weighted by atomic mass is 16.5. The molecule has 2 rings (SSSR count). The Labute approximate surface area is 169 Å². The number of primary amides is 1. The van der Waals surface area contributed by atoms with Crippen molar-refractivity contribution in [2.45, 2.75) is 31.3 Å². The minimum Gasteiger partial charge on any atom is -0.445 e. The van der Waals surface area contributed by atoms with E-state index in [1.54, 1.807) is 0 Å². The maximum atomic E-state index is 12.5. The molecule has 0 unspecified atom stereocenters. The first kappa shape index (κ1) is 21.9. The van der Waals surface area contributed by atoms with Crippen LogP contribution in [0.4, 0.5) is 4.79 Å². The summed E-state index contributed by atoms with van der Waals surface area (Å²) in [7, 11) is 0. The number of nitrogens with zero attached hydrogens (tertiary/aromatic N) is 1. The third kappa shape index (κ3) is 6.95. The molecular weight excluding hydrogens is 376 g/mol. The molecule has 0 spiro atoms. The van der Waals surface area contributed by atoms with Crippen LogP contribution in [0.1, 0.15) is 18.4 Å². The molecule has 0 aromatic heterocycles. The predicted octanol–water partition coefficient (Wildman–Crippen LogP) is 0.102. The van der Waals surface area contributed by atoms with Crippen LogP contribution >= 0.6 is 0 Å². The van der Waals surface area contributed by atoms with Gasteiger partial charge in [0.05, 0.1) is 6.54 Å². The number of nitrogens with two attached hydrogens (primary N) is 1. The second-order valence-electron chi connectivity index (χ2n) is 6.70. The van der Waals surface area contributed by atoms with E-state index in [0.29, 0.717) is 19.4 Å². The van der Waals surface area contributed by atoms with Gasteiger partial charge in [0, 0.05) is 13.0 Å². The van der Waals surface area contributed by atoms with Gasteiger partial charge < -0.3 is 26.0 Å². The van der Waals surface area contributed by atoms with E-state index in [2.05, 4.69) is 17.2 Å². The van der Waals surface area contributed by atoms with E-state index < -0.39 is 30.0 Å². The Morgan fingerprint density at radius 3 is 2.69 bits per heavy atom. The zero-order valence-corrected chi connectivity index (χ0v) is 16.1. The molecule has 29 heavy (non-hydrogen) atoms. The van der Waals surface area contributed by atoms with Crippen LogP contribution in [0.25, 0.3) is 0 Å². The maximum absolute atomic E-state index is 12.5. The first-order valence-electron chi connectivity index (χ1n) is 9.36. The minimum atomic E-state index is -0.882. The fourth-order valence-corrected chi connectivity index (χ4v) is 3.04. The van der Waals surface area contributed by atoms with E-state index in [-0.39, 0.29) is 25.5 Å². The van der Waals surface area contributed by atoms with E-state index in [4.69, 9.17) is 10.5 Å². The van der Waals surface area contributed by atoms with Gasteiger partial charge in [0.25, 0.3) is 0 Å². The minimum absolute atomic E-state index is 0.0365. The summed E-state index contributed by atoms with van der Waals surface area (Å²) in [5, 5.41) is 5.08. The quantitative estimate of drug-likeness (QED) is 0.504. The van der Waals surface area contributed by atoms with Crippen molar-refractivity contribution < 1.29 is 23.9 Å². The van der Waals surface area contributed by atoms with Crippen LogP contribution in [0.2, 0.25) is 0 Å². The van der Waals surface area contributed by atoms with Crippen LogP contribution in [0.5, 0.6) is 0 Å². The zero-order chi connectivity index (χ0) is 21.2. The lowest BCUT2D eigenvalue weighted by Crippen LogP contribution is -2.56. The summed E-state index contributed by atoms with van der Waals surface area (Å²) in [6.07, 6.45) is 2.04. The SMILES string of the molecule is C=CCOC(=O)N[C@@H]1CCCN(CC(=O)N[C@@H](Cc2ccccc2)C(N)=O)C1=O. The van der Waals surface area contributed by atoms with Gasteiger partial charge in [-0.1, -0.05) is 43.0 Å². The number of carbonyl (C=O) groups is 4. The number of rotatable bonds is 9. The van der Waals surface area contributed by atoms with Gasteiger partial charge in [0.2, 0.25) is 17.7 Å². The lowest BCUT2D eigenvalue weighted by atomic mass is 10.0. The highest BCUT2D eigenvalue weighted by Crippen LogP contribution is 2.12. The van der Waals surface area contributed by atoms with Crippen LogP contribution in [0.15, 0.2) is 43.0 Å². The Morgan fingerprint density at radius 1 is 1.31 bits per heavy atom. The monoisotopic (exact) mass is 402 g/mol. The molecular formula is C20H26N4O5. The van der Waals surface area contributed by atoms with Crippen LogP contribution < -0.4 is 16.4 Å². The van der Waals surface area contributed by atoms with Crippen molar-refractivity contribution >= 4 is 23.8 Å². The van der Waals surface area contributed by atoms with E-state index in [0.717, 1.165) is 5.56 Å². The van der Waals surface area contributed by atoms with Crippen LogP contribution in [0, 0.1) is 0 Å². The molecule has 1 aromatic rings. The second kappa shape index (κ2) is 10.8. The van der Waals surface area contributed by atoms with Crippen LogP contribution in [0.3, 0.4) is 0 Å². The lowest BCUT2D eigenvalue weighted by molar-refractivity contribution is -0.140. The Balaban J connectivity index is 1.90. The molecule has 1 heterocycles. The molecule has 0 saturated carbocycles. The summed E-state index contributed by atoms with van der Waals surface area (Å²) in [5.41, 5.74) is 6.26.